The summed E-state index contributed by atoms with van der Waals surface area (Å²) in [4.78, 5) is 5.21. The lowest BCUT2D eigenvalue weighted by Crippen LogP contribution is -2.29. The molecule has 1 N–H and O–H groups in total. The summed E-state index contributed by atoms with van der Waals surface area (Å²) >= 11 is 0. The fraction of sp³-hybridized carbons (Fsp3) is 0.0278. The van der Waals surface area contributed by atoms with Crippen LogP contribution in [0.5, 0.6) is 0 Å². The topological polar surface area (TPSA) is 41.9 Å². The Hall–Kier alpha value is -5.35. The number of anilines is 1. The Balaban J connectivity index is 1.40. The zero-order valence-corrected chi connectivity index (χ0v) is 21.3. The van der Waals surface area contributed by atoms with Crippen molar-refractivity contribution in [2.75, 3.05) is 5.32 Å². The van der Waals surface area contributed by atoms with E-state index in [0.717, 1.165) is 50.1 Å². The second kappa shape index (κ2) is 7.19. The van der Waals surface area contributed by atoms with E-state index in [1.807, 2.05) is 6.07 Å². The Kier molecular flexibility index (Phi) is 3.70. The lowest BCUT2D eigenvalue weighted by Gasteiger charge is -2.23. The van der Waals surface area contributed by atoms with Crippen LogP contribution in [0.2, 0.25) is 0 Å². The first-order chi connectivity index (χ1) is 19.8. The van der Waals surface area contributed by atoms with E-state index in [9.17, 15) is 0 Å². The third-order valence-electron chi connectivity index (χ3n) is 8.71. The molecule has 0 saturated heterocycles. The molecule has 0 amide bonds. The monoisotopic (exact) mass is 511 g/mol. The molecule has 10 rings (SSSR count). The van der Waals surface area contributed by atoms with E-state index < -0.39 is 0 Å². The molecule has 0 radical (unpaired) electrons. The zero-order chi connectivity index (χ0) is 25.9. The molecule has 0 bridgehead atoms. The van der Waals surface area contributed by atoms with Gasteiger partial charge in [0.2, 0.25) is 0 Å². The second-order valence-electron chi connectivity index (χ2n) is 10.8. The van der Waals surface area contributed by atoms with Crippen LogP contribution >= 0.6 is 0 Å². The molecule has 2 aliphatic rings. The number of aliphatic imine (C=N–C) groups is 1. The smallest absolute Gasteiger partial charge is 0.162 e. The predicted molar refractivity (Wildman–Crippen MR) is 167 cm³/mol. The molecule has 1 aliphatic heterocycles. The molecule has 8 aromatic rings. The Bertz CT molecular complexity index is 2460. The number of nitrogens with one attached hydrogen (secondary N) is 1. The molecular formula is C36H21N3O. The highest BCUT2D eigenvalue weighted by Crippen LogP contribution is 2.51. The van der Waals surface area contributed by atoms with Gasteiger partial charge < -0.3 is 9.73 Å². The van der Waals surface area contributed by atoms with E-state index in [-0.39, 0.29) is 6.04 Å². The van der Waals surface area contributed by atoms with E-state index in [2.05, 4.69) is 119 Å². The number of benzene rings is 5. The van der Waals surface area contributed by atoms with Crippen molar-refractivity contribution in [2.45, 2.75) is 6.04 Å². The van der Waals surface area contributed by atoms with Crippen molar-refractivity contribution in [3.63, 3.8) is 0 Å². The fourth-order valence-electron chi connectivity index (χ4n) is 7.00. The largest absolute Gasteiger partial charge is 0.456 e. The van der Waals surface area contributed by atoms with Crippen molar-refractivity contribution in [1.29, 1.82) is 0 Å². The van der Waals surface area contributed by atoms with E-state index in [0.29, 0.717) is 0 Å². The molecule has 1 aliphatic carbocycles. The fourth-order valence-corrected chi connectivity index (χ4v) is 7.00. The van der Waals surface area contributed by atoms with Gasteiger partial charge in [-0.3, -0.25) is 4.40 Å². The van der Waals surface area contributed by atoms with Gasteiger partial charge in [-0.2, -0.15) is 0 Å². The van der Waals surface area contributed by atoms with Crippen molar-refractivity contribution in [3.8, 4) is 11.1 Å². The second-order valence-corrected chi connectivity index (χ2v) is 10.8. The average molecular weight is 512 g/mol. The van der Waals surface area contributed by atoms with Gasteiger partial charge in [0.15, 0.2) is 5.82 Å². The Morgan fingerprint density at radius 2 is 1.60 bits per heavy atom. The molecule has 4 heterocycles. The van der Waals surface area contributed by atoms with Crippen LogP contribution in [-0.2, 0) is 0 Å². The van der Waals surface area contributed by atoms with Crippen LogP contribution in [-0.4, -0.2) is 16.2 Å². The quantitative estimate of drug-likeness (QED) is 0.238. The van der Waals surface area contributed by atoms with E-state index >= 15 is 0 Å². The summed E-state index contributed by atoms with van der Waals surface area (Å²) in [7, 11) is 0. The normalized spacial score (nSPS) is 16.4. The Labute approximate surface area is 228 Å². The summed E-state index contributed by atoms with van der Waals surface area (Å²) in [6, 6.07) is 32.7. The average Bonchev–Trinajstić information content (AvgIpc) is 3.65. The highest BCUT2D eigenvalue weighted by atomic mass is 16.3. The summed E-state index contributed by atoms with van der Waals surface area (Å²) in [6.45, 7) is 0. The minimum Gasteiger partial charge on any atom is -0.456 e. The van der Waals surface area contributed by atoms with Gasteiger partial charge in [-0.05, 0) is 52.2 Å². The van der Waals surface area contributed by atoms with Crippen molar-refractivity contribution in [1.82, 2.24) is 4.40 Å². The van der Waals surface area contributed by atoms with Crippen molar-refractivity contribution >= 4 is 77.1 Å². The number of rotatable bonds is 1. The molecule has 1 atom stereocenters. The molecule has 186 valence electrons. The third-order valence-corrected chi connectivity index (χ3v) is 8.71. The molecular weight excluding hydrogens is 490 g/mol. The molecule has 4 nitrogen and oxygen atoms in total. The number of hydrogen-bond acceptors (Lipinski definition) is 3. The first kappa shape index (κ1) is 20.6. The van der Waals surface area contributed by atoms with Gasteiger partial charge in [0.1, 0.15) is 11.2 Å². The molecule has 1 unspecified atom stereocenters. The Morgan fingerprint density at radius 1 is 0.725 bits per heavy atom. The minimum absolute atomic E-state index is 0.0685. The maximum absolute atomic E-state index is 6.48. The maximum atomic E-state index is 6.48. The van der Waals surface area contributed by atoms with Crippen molar-refractivity contribution in [2.24, 2.45) is 4.99 Å². The lowest BCUT2D eigenvalue weighted by atomic mass is 9.96. The number of fused-ring (bicyclic) bond motifs is 12. The van der Waals surface area contributed by atoms with Crippen molar-refractivity contribution < 1.29 is 4.42 Å². The zero-order valence-electron chi connectivity index (χ0n) is 21.3. The van der Waals surface area contributed by atoms with Gasteiger partial charge in [0.05, 0.1) is 28.5 Å². The number of aromatic nitrogens is 1. The van der Waals surface area contributed by atoms with E-state index in [1.54, 1.807) is 0 Å². The van der Waals surface area contributed by atoms with Gasteiger partial charge in [0.25, 0.3) is 0 Å². The van der Waals surface area contributed by atoms with Crippen LogP contribution in [0.4, 0.5) is 11.5 Å². The number of nitrogens with zero attached hydrogens (tertiary/aromatic N) is 2. The van der Waals surface area contributed by atoms with Crippen LogP contribution in [0, 0.1) is 0 Å². The summed E-state index contributed by atoms with van der Waals surface area (Å²) < 4.78 is 8.84. The molecule has 0 spiro atoms. The molecule has 5 aromatic carbocycles. The minimum atomic E-state index is 0.0685. The van der Waals surface area contributed by atoms with Gasteiger partial charge in [0, 0.05) is 26.9 Å². The predicted octanol–water partition coefficient (Wildman–Crippen LogP) is 9.40. The van der Waals surface area contributed by atoms with Crippen LogP contribution in [0.1, 0.15) is 0 Å². The molecule has 0 fully saturated rings. The first-order valence-electron chi connectivity index (χ1n) is 13.7. The van der Waals surface area contributed by atoms with E-state index in [1.165, 1.54) is 38.2 Å². The van der Waals surface area contributed by atoms with Crippen LogP contribution in [0.25, 0.3) is 71.0 Å². The lowest BCUT2D eigenvalue weighted by molar-refractivity contribution is 0.669. The molecule has 3 aromatic heterocycles. The Morgan fingerprint density at radius 3 is 2.58 bits per heavy atom. The highest BCUT2D eigenvalue weighted by Gasteiger charge is 2.30. The third kappa shape index (κ3) is 2.49. The standard InChI is InChI=1S/C36H21N3O/c1-2-10-22-20(8-1)9-7-12-23(22)21-16-17-29-25(18-21)33-32-24-11-3-6-15-30(24)40-31(32)19-26-34-36(39(29)35(26)33)38-28-14-5-4-13-27(28)37-34/h1-19,27,37H. The van der Waals surface area contributed by atoms with Crippen molar-refractivity contribution in [3.05, 3.63) is 115 Å². The van der Waals surface area contributed by atoms with Crippen LogP contribution < -0.4 is 5.32 Å². The van der Waals surface area contributed by atoms with Crippen LogP contribution in [0.15, 0.2) is 125 Å². The highest BCUT2D eigenvalue weighted by molar-refractivity contribution is 6.34. The molecule has 0 saturated carbocycles. The summed E-state index contributed by atoms with van der Waals surface area (Å²) in [6.07, 6.45) is 8.41. The molecule has 4 heteroatoms. The SMILES string of the molecule is C1=CC2=Nc3c(c4cc5oc6ccccc6c5c5c6cc(-c7cccc8ccccc78)ccc6n3c45)NC2C=C1. The number of hydrogen-bond donors (Lipinski definition) is 1. The maximum Gasteiger partial charge on any atom is 0.162 e. The van der Waals surface area contributed by atoms with Crippen LogP contribution in [0.3, 0.4) is 0 Å². The van der Waals surface area contributed by atoms with E-state index in [4.69, 9.17) is 9.41 Å². The van der Waals surface area contributed by atoms with Gasteiger partial charge in [-0.25, -0.2) is 4.99 Å². The van der Waals surface area contributed by atoms with Gasteiger partial charge in [-0.1, -0.05) is 85.0 Å². The number of para-hydroxylation sites is 1. The number of furan rings is 1. The summed E-state index contributed by atoms with van der Waals surface area (Å²) in [5.41, 5.74) is 8.71. The van der Waals surface area contributed by atoms with Gasteiger partial charge >= 0.3 is 0 Å². The first-order valence-corrected chi connectivity index (χ1v) is 13.7. The molecule has 40 heavy (non-hydrogen) atoms. The summed E-state index contributed by atoms with van der Waals surface area (Å²) in [5, 5.41) is 12.2. The number of allylic oxidation sites excluding steroid dienone is 2. The summed E-state index contributed by atoms with van der Waals surface area (Å²) in [5.74, 6) is 0.955. The van der Waals surface area contributed by atoms with Gasteiger partial charge in [-0.15, -0.1) is 0 Å².